The Labute approximate surface area is 158 Å². The van der Waals surface area contributed by atoms with E-state index in [-0.39, 0.29) is 17.5 Å². The van der Waals surface area contributed by atoms with Gasteiger partial charge in [0, 0.05) is 56.1 Å². The van der Waals surface area contributed by atoms with Crippen molar-refractivity contribution < 1.29 is 8.42 Å². The molecule has 2 unspecified atom stereocenters. The van der Waals surface area contributed by atoms with E-state index in [4.69, 9.17) is 4.98 Å². The van der Waals surface area contributed by atoms with Gasteiger partial charge in [-0.05, 0) is 25.5 Å². The summed E-state index contributed by atoms with van der Waals surface area (Å²) < 4.78 is 27.3. The van der Waals surface area contributed by atoms with E-state index in [1.807, 2.05) is 19.1 Å². The monoisotopic (exact) mass is 389 g/mol. The summed E-state index contributed by atoms with van der Waals surface area (Å²) in [7, 11) is -3.23. The molecule has 144 valence electrons. The molecule has 0 saturated carbocycles. The highest BCUT2D eigenvalue weighted by Gasteiger charge is 2.41. The molecule has 2 aliphatic heterocycles. The van der Waals surface area contributed by atoms with E-state index >= 15 is 0 Å². The topological polar surface area (TPSA) is 88.4 Å². The minimum atomic E-state index is -3.23. The zero-order valence-corrected chi connectivity index (χ0v) is 16.3. The maximum Gasteiger partial charge on any atom is 0.255 e. The summed E-state index contributed by atoms with van der Waals surface area (Å²) in [5.41, 5.74) is 1.38. The number of nitrogens with zero attached hydrogens (tertiary/aromatic N) is 5. The fraction of sp³-hybridized carbons (Fsp3) is 0.500. The average molecular weight is 389 g/mol. The summed E-state index contributed by atoms with van der Waals surface area (Å²) in [6.45, 7) is 4.19. The first kappa shape index (κ1) is 18.1. The number of anilines is 1. The Hall–Kier alpha value is -2.26. The third-order valence-electron chi connectivity index (χ3n) is 5.53. The Bertz CT molecular complexity index is 1010. The largest absolute Gasteiger partial charge is 0.338 e. The number of sulfonamides is 1. The van der Waals surface area contributed by atoms with Crippen molar-refractivity contribution in [3.63, 3.8) is 0 Å². The van der Waals surface area contributed by atoms with E-state index in [1.165, 1.54) is 10.6 Å². The van der Waals surface area contributed by atoms with E-state index in [2.05, 4.69) is 9.88 Å². The number of hydrogen-bond acceptors (Lipinski definition) is 6. The van der Waals surface area contributed by atoms with Crippen LogP contribution in [0.2, 0.25) is 0 Å². The second-order valence-corrected chi connectivity index (χ2v) is 9.13. The van der Waals surface area contributed by atoms with Gasteiger partial charge in [-0.1, -0.05) is 0 Å². The molecule has 4 rings (SSSR count). The zero-order chi connectivity index (χ0) is 19.2. The third kappa shape index (κ3) is 3.25. The summed E-state index contributed by atoms with van der Waals surface area (Å²) in [6, 6.07) is 5.25. The lowest BCUT2D eigenvalue weighted by atomic mass is 9.89. The number of pyridine rings is 1. The normalized spacial score (nSPS) is 23.0. The predicted molar refractivity (Wildman–Crippen MR) is 103 cm³/mol. The lowest BCUT2D eigenvalue weighted by Crippen LogP contribution is -2.59. The standard InChI is InChI=1S/C18H23N5O3S/c1-3-22-16-12-21(27(2,25)26)9-6-14(16)11-23-17(24)10-15(20-18(22)23)13-4-7-19-8-5-13/h4-5,7-8,10,14,16H,3,6,9,11-12H2,1-2H3. The summed E-state index contributed by atoms with van der Waals surface area (Å²) in [5, 5.41) is 0. The van der Waals surface area contributed by atoms with Crippen molar-refractivity contribution in [2.45, 2.75) is 25.9 Å². The van der Waals surface area contributed by atoms with Crippen LogP contribution in [0.3, 0.4) is 0 Å². The van der Waals surface area contributed by atoms with Crippen LogP contribution in [-0.4, -0.2) is 59.2 Å². The van der Waals surface area contributed by atoms with Crippen LogP contribution in [0, 0.1) is 5.92 Å². The van der Waals surface area contributed by atoms with Crippen molar-refractivity contribution in [3.8, 4) is 11.3 Å². The van der Waals surface area contributed by atoms with Crippen LogP contribution in [0.25, 0.3) is 11.3 Å². The predicted octanol–water partition coefficient (Wildman–Crippen LogP) is 0.795. The molecule has 9 heteroatoms. The van der Waals surface area contributed by atoms with Crippen LogP contribution in [0.5, 0.6) is 0 Å². The molecule has 0 spiro atoms. The van der Waals surface area contributed by atoms with E-state index in [0.717, 1.165) is 12.0 Å². The number of hydrogen-bond donors (Lipinski definition) is 0. The lowest BCUT2D eigenvalue weighted by molar-refractivity contribution is 0.192. The number of piperidine rings is 1. The van der Waals surface area contributed by atoms with E-state index < -0.39 is 10.0 Å². The fourth-order valence-corrected chi connectivity index (χ4v) is 4.99. The molecule has 0 radical (unpaired) electrons. The summed E-state index contributed by atoms with van der Waals surface area (Å²) in [6.07, 6.45) is 5.34. The molecule has 2 aliphatic rings. The molecule has 0 N–H and O–H groups in total. The Kier molecular flexibility index (Phi) is 4.51. The van der Waals surface area contributed by atoms with Gasteiger partial charge in [-0.25, -0.2) is 17.7 Å². The molecule has 0 aliphatic carbocycles. The quantitative estimate of drug-likeness (QED) is 0.771. The van der Waals surface area contributed by atoms with E-state index in [1.54, 1.807) is 23.0 Å². The van der Waals surface area contributed by atoms with Crippen molar-refractivity contribution >= 4 is 16.0 Å². The Balaban J connectivity index is 1.77. The smallest absolute Gasteiger partial charge is 0.255 e. The molecule has 1 fully saturated rings. The SMILES string of the molecule is CCN1c2nc(-c3ccncc3)cc(=O)n2CC2CCN(S(C)(=O)=O)CC21. The van der Waals surface area contributed by atoms with Crippen molar-refractivity contribution in [2.24, 2.45) is 5.92 Å². The van der Waals surface area contributed by atoms with Crippen LogP contribution >= 0.6 is 0 Å². The molecular weight excluding hydrogens is 366 g/mol. The van der Waals surface area contributed by atoms with Gasteiger partial charge in [0.1, 0.15) is 0 Å². The van der Waals surface area contributed by atoms with E-state index in [0.29, 0.717) is 37.8 Å². The third-order valence-corrected chi connectivity index (χ3v) is 6.80. The van der Waals surface area contributed by atoms with E-state index in [9.17, 15) is 13.2 Å². The number of likely N-dealkylation sites (N-methyl/N-ethyl adjacent to an activating group) is 1. The van der Waals surface area contributed by atoms with Crippen LogP contribution in [0.4, 0.5) is 5.95 Å². The van der Waals surface area contributed by atoms with Gasteiger partial charge >= 0.3 is 0 Å². The number of rotatable bonds is 3. The van der Waals surface area contributed by atoms with Crippen molar-refractivity contribution in [1.29, 1.82) is 0 Å². The van der Waals surface area contributed by atoms with Crippen molar-refractivity contribution in [1.82, 2.24) is 18.8 Å². The van der Waals surface area contributed by atoms with Crippen LogP contribution in [0.15, 0.2) is 35.4 Å². The Morgan fingerprint density at radius 1 is 1.22 bits per heavy atom. The minimum absolute atomic E-state index is 0.0260. The molecule has 2 aromatic heterocycles. The number of fused-ring (bicyclic) bond motifs is 2. The molecule has 2 aromatic rings. The first-order chi connectivity index (χ1) is 12.9. The van der Waals surface area contributed by atoms with Gasteiger partial charge in [-0.15, -0.1) is 0 Å². The van der Waals surface area contributed by atoms with Gasteiger partial charge in [0.25, 0.3) is 5.56 Å². The molecule has 2 atom stereocenters. The second-order valence-electron chi connectivity index (χ2n) is 7.15. The van der Waals surface area contributed by atoms with Gasteiger partial charge in [-0.3, -0.25) is 14.3 Å². The van der Waals surface area contributed by atoms with Crippen LogP contribution in [0.1, 0.15) is 13.3 Å². The lowest BCUT2D eigenvalue weighted by Gasteiger charge is -2.47. The first-order valence-corrected chi connectivity index (χ1v) is 11.0. The molecule has 1 saturated heterocycles. The highest BCUT2D eigenvalue weighted by atomic mass is 32.2. The van der Waals surface area contributed by atoms with Crippen molar-refractivity contribution in [3.05, 3.63) is 40.9 Å². The summed E-state index contributed by atoms with van der Waals surface area (Å²) in [4.78, 5) is 23.7. The summed E-state index contributed by atoms with van der Waals surface area (Å²) >= 11 is 0. The highest BCUT2D eigenvalue weighted by Crippen LogP contribution is 2.33. The molecule has 0 amide bonds. The Morgan fingerprint density at radius 3 is 2.63 bits per heavy atom. The highest BCUT2D eigenvalue weighted by molar-refractivity contribution is 7.88. The van der Waals surface area contributed by atoms with Crippen molar-refractivity contribution in [2.75, 3.05) is 30.8 Å². The minimum Gasteiger partial charge on any atom is -0.338 e. The maximum absolute atomic E-state index is 12.8. The van der Waals surface area contributed by atoms with Crippen LogP contribution in [-0.2, 0) is 16.6 Å². The van der Waals surface area contributed by atoms with Gasteiger partial charge < -0.3 is 4.90 Å². The first-order valence-electron chi connectivity index (χ1n) is 9.12. The number of aromatic nitrogens is 3. The molecule has 4 heterocycles. The Morgan fingerprint density at radius 2 is 1.96 bits per heavy atom. The molecule has 0 bridgehead atoms. The zero-order valence-electron chi connectivity index (χ0n) is 15.4. The second kappa shape index (κ2) is 6.72. The van der Waals surface area contributed by atoms with Gasteiger partial charge in [0.05, 0.1) is 18.0 Å². The molecule has 27 heavy (non-hydrogen) atoms. The van der Waals surface area contributed by atoms with Crippen LogP contribution < -0.4 is 10.5 Å². The average Bonchev–Trinajstić information content (AvgIpc) is 2.66. The van der Waals surface area contributed by atoms with Gasteiger partial charge in [0.2, 0.25) is 16.0 Å². The summed E-state index contributed by atoms with van der Waals surface area (Å²) in [5.74, 6) is 0.857. The fourth-order valence-electron chi connectivity index (χ4n) is 4.13. The van der Waals surface area contributed by atoms with Gasteiger partial charge in [-0.2, -0.15) is 0 Å². The maximum atomic E-state index is 12.8. The molecule has 0 aromatic carbocycles. The van der Waals surface area contributed by atoms with Gasteiger partial charge in [0.15, 0.2) is 0 Å². The molecular formula is C18H23N5O3S. The molecule has 8 nitrogen and oxygen atoms in total.